The summed E-state index contributed by atoms with van der Waals surface area (Å²) >= 11 is 5.86. The lowest BCUT2D eigenvalue weighted by Crippen LogP contribution is -2.53. The van der Waals surface area contributed by atoms with E-state index in [9.17, 15) is 13.2 Å². The Morgan fingerprint density at radius 1 is 1.03 bits per heavy atom. The Hall–Kier alpha value is -1.93. The second kappa shape index (κ2) is 9.26. The van der Waals surface area contributed by atoms with E-state index in [0.717, 1.165) is 12.1 Å². The molecule has 0 N–H and O–H groups in total. The maximum Gasteiger partial charge on any atom is 0.244 e. The summed E-state index contributed by atoms with van der Waals surface area (Å²) < 4.78 is 27.1. The van der Waals surface area contributed by atoms with Crippen LogP contribution in [-0.4, -0.2) is 68.2 Å². The molecule has 8 heteroatoms. The lowest BCUT2D eigenvalue weighted by molar-refractivity contribution is -0.138. The van der Waals surface area contributed by atoms with E-state index in [4.69, 9.17) is 11.6 Å². The molecule has 0 saturated carbocycles. The van der Waals surface area contributed by atoms with E-state index in [-0.39, 0.29) is 29.9 Å². The van der Waals surface area contributed by atoms with E-state index >= 15 is 0 Å². The summed E-state index contributed by atoms with van der Waals surface area (Å²) in [7, 11) is -1.67. The minimum atomic E-state index is -3.60. The Labute approximate surface area is 177 Å². The molecule has 0 aromatic heterocycles. The quantitative estimate of drug-likeness (QED) is 0.700. The number of nitrogens with zero attached hydrogens (tertiary/aromatic N) is 3. The first-order valence-electron chi connectivity index (χ1n) is 9.64. The number of piperazine rings is 1. The van der Waals surface area contributed by atoms with Crippen LogP contribution in [0.4, 0.5) is 0 Å². The molecular formula is C21H26ClN3O3S. The zero-order valence-corrected chi connectivity index (χ0v) is 18.2. The number of rotatable bonds is 6. The van der Waals surface area contributed by atoms with E-state index in [1.807, 2.05) is 49.2 Å². The van der Waals surface area contributed by atoms with Crippen LogP contribution in [0.2, 0.25) is 5.02 Å². The standard InChI is InChI=1S/C21H26ClN3O3S/c1-3-23(2)20(17-7-5-4-6-8-17)21(26)24-13-15-25(16-14-24)29(27,28)19-11-9-18(22)10-12-19/h4-12,20H,3,13-16H2,1-2H3. The molecule has 0 radical (unpaired) electrons. The van der Waals surface area contributed by atoms with Crippen LogP contribution in [0.25, 0.3) is 0 Å². The van der Waals surface area contributed by atoms with Crippen LogP contribution in [0.3, 0.4) is 0 Å². The van der Waals surface area contributed by atoms with Gasteiger partial charge < -0.3 is 4.90 Å². The average molecular weight is 436 g/mol. The Morgan fingerprint density at radius 3 is 2.17 bits per heavy atom. The first-order chi connectivity index (χ1) is 13.8. The summed E-state index contributed by atoms with van der Waals surface area (Å²) in [5.41, 5.74) is 0.943. The molecule has 1 unspecified atom stereocenters. The number of benzene rings is 2. The summed E-state index contributed by atoms with van der Waals surface area (Å²) in [6, 6.07) is 15.5. The van der Waals surface area contributed by atoms with Crippen molar-refractivity contribution in [3.05, 3.63) is 65.2 Å². The molecule has 29 heavy (non-hydrogen) atoms. The normalized spacial score (nSPS) is 16.8. The maximum atomic E-state index is 13.3. The summed E-state index contributed by atoms with van der Waals surface area (Å²) in [6.07, 6.45) is 0. The van der Waals surface area contributed by atoms with E-state index in [1.165, 1.54) is 16.4 Å². The van der Waals surface area contributed by atoms with Crippen molar-refractivity contribution in [2.24, 2.45) is 0 Å². The third-order valence-corrected chi connectivity index (χ3v) is 7.46. The molecule has 1 saturated heterocycles. The highest BCUT2D eigenvalue weighted by atomic mass is 35.5. The number of hydrogen-bond acceptors (Lipinski definition) is 4. The highest BCUT2D eigenvalue weighted by molar-refractivity contribution is 7.89. The van der Waals surface area contributed by atoms with Crippen molar-refractivity contribution < 1.29 is 13.2 Å². The molecule has 0 aliphatic carbocycles. The van der Waals surface area contributed by atoms with E-state index in [2.05, 4.69) is 0 Å². The van der Waals surface area contributed by atoms with Gasteiger partial charge in [0.25, 0.3) is 0 Å². The molecule has 1 atom stereocenters. The Bertz CT molecular complexity index is 927. The Balaban J connectivity index is 1.72. The number of halogens is 1. The molecule has 6 nitrogen and oxygen atoms in total. The van der Waals surface area contributed by atoms with Crippen molar-refractivity contribution >= 4 is 27.5 Å². The number of likely N-dealkylation sites (N-methyl/N-ethyl adjacent to an activating group) is 1. The van der Waals surface area contributed by atoms with Crippen molar-refractivity contribution in [1.82, 2.24) is 14.1 Å². The van der Waals surface area contributed by atoms with Gasteiger partial charge in [-0.15, -0.1) is 0 Å². The first kappa shape index (κ1) is 21.8. The fraction of sp³-hybridized carbons (Fsp3) is 0.381. The molecule has 2 aromatic carbocycles. The van der Waals surface area contributed by atoms with Gasteiger partial charge in [-0.05, 0) is 43.4 Å². The van der Waals surface area contributed by atoms with Gasteiger partial charge in [0.05, 0.1) is 4.90 Å². The number of carbonyl (C=O) groups excluding carboxylic acids is 1. The molecule has 1 amide bonds. The minimum absolute atomic E-state index is 0.00379. The van der Waals surface area contributed by atoms with Gasteiger partial charge in [0, 0.05) is 31.2 Å². The predicted octanol–water partition coefficient (Wildman–Crippen LogP) is 2.87. The van der Waals surface area contributed by atoms with Crippen LogP contribution < -0.4 is 0 Å². The van der Waals surface area contributed by atoms with Crippen LogP contribution in [0.15, 0.2) is 59.5 Å². The molecule has 1 aliphatic heterocycles. The lowest BCUT2D eigenvalue weighted by atomic mass is 10.0. The molecule has 1 heterocycles. The van der Waals surface area contributed by atoms with Crippen LogP contribution >= 0.6 is 11.6 Å². The number of sulfonamides is 1. The number of amides is 1. The maximum absolute atomic E-state index is 13.3. The second-order valence-corrected chi connectivity index (χ2v) is 9.44. The molecule has 1 aliphatic rings. The van der Waals surface area contributed by atoms with Gasteiger partial charge in [-0.2, -0.15) is 4.31 Å². The SMILES string of the molecule is CCN(C)C(C(=O)N1CCN(S(=O)(=O)c2ccc(Cl)cc2)CC1)c1ccccc1. The molecule has 156 valence electrons. The summed E-state index contributed by atoms with van der Waals surface area (Å²) in [4.78, 5) is 17.3. The van der Waals surface area contributed by atoms with Gasteiger partial charge in [0.15, 0.2) is 0 Å². The van der Waals surface area contributed by atoms with Gasteiger partial charge in [-0.25, -0.2) is 8.42 Å². The van der Waals surface area contributed by atoms with Crippen molar-refractivity contribution in [3.8, 4) is 0 Å². The van der Waals surface area contributed by atoms with Gasteiger partial charge in [-0.3, -0.25) is 9.69 Å². The Morgan fingerprint density at radius 2 is 1.62 bits per heavy atom. The zero-order valence-electron chi connectivity index (χ0n) is 16.7. The van der Waals surface area contributed by atoms with Crippen LogP contribution in [0.5, 0.6) is 0 Å². The van der Waals surface area contributed by atoms with Crippen LogP contribution in [0, 0.1) is 0 Å². The lowest BCUT2D eigenvalue weighted by Gasteiger charge is -2.37. The predicted molar refractivity (Wildman–Crippen MR) is 114 cm³/mol. The van der Waals surface area contributed by atoms with Crippen molar-refractivity contribution in [3.63, 3.8) is 0 Å². The van der Waals surface area contributed by atoms with E-state index in [0.29, 0.717) is 18.1 Å². The summed E-state index contributed by atoms with van der Waals surface area (Å²) in [6.45, 7) is 4.03. The van der Waals surface area contributed by atoms with Gasteiger partial charge in [-0.1, -0.05) is 48.9 Å². The summed E-state index contributed by atoms with van der Waals surface area (Å²) in [5, 5.41) is 0.492. The van der Waals surface area contributed by atoms with Crippen LogP contribution in [0.1, 0.15) is 18.5 Å². The van der Waals surface area contributed by atoms with Crippen molar-refractivity contribution in [1.29, 1.82) is 0 Å². The zero-order chi connectivity index (χ0) is 21.0. The van der Waals surface area contributed by atoms with Gasteiger partial charge >= 0.3 is 0 Å². The average Bonchev–Trinajstić information content (AvgIpc) is 2.75. The Kier molecular flexibility index (Phi) is 6.95. The first-order valence-corrected chi connectivity index (χ1v) is 11.5. The van der Waals surface area contributed by atoms with E-state index < -0.39 is 10.0 Å². The largest absolute Gasteiger partial charge is 0.338 e. The monoisotopic (exact) mass is 435 g/mol. The highest BCUT2D eigenvalue weighted by Crippen LogP contribution is 2.24. The number of hydrogen-bond donors (Lipinski definition) is 0. The topological polar surface area (TPSA) is 60.9 Å². The smallest absolute Gasteiger partial charge is 0.244 e. The molecular weight excluding hydrogens is 410 g/mol. The van der Waals surface area contributed by atoms with Gasteiger partial charge in [0.1, 0.15) is 6.04 Å². The number of carbonyl (C=O) groups is 1. The second-order valence-electron chi connectivity index (χ2n) is 7.07. The molecule has 3 rings (SSSR count). The van der Waals surface area contributed by atoms with Crippen molar-refractivity contribution in [2.75, 3.05) is 39.8 Å². The third kappa shape index (κ3) is 4.80. The minimum Gasteiger partial charge on any atom is -0.338 e. The highest BCUT2D eigenvalue weighted by Gasteiger charge is 2.34. The van der Waals surface area contributed by atoms with Crippen molar-refractivity contribution in [2.45, 2.75) is 17.9 Å². The van der Waals surface area contributed by atoms with E-state index in [1.54, 1.807) is 17.0 Å². The summed E-state index contributed by atoms with van der Waals surface area (Å²) in [5.74, 6) is 0.00379. The fourth-order valence-corrected chi connectivity index (χ4v) is 5.03. The van der Waals surface area contributed by atoms with Crippen LogP contribution in [-0.2, 0) is 14.8 Å². The molecule has 0 spiro atoms. The third-order valence-electron chi connectivity index (χ3n) is 5.29. The van der Waals surface area contributed by atoms with Gasteiger partial charge in [0.2, 0.25) is 15.9 Å². The molecule has 2 aromatic rings. The molecule has 1 fully saturated rings. The molecule has 0 bridgehead atoms. The fourth-order valence-electron chi connectivity index (χ4n) is 3.48.